The van der Waals surface area contributed by atoms with Gasteiger partial charge in [0.1, 0.15) is 0 Å². The maximum atomic E-state index is 12.2. The van der Waals surface area contributed by atoms with Crippen LogP contribution in [-0.4, -0.2) is 30.9 Å². The largest absolute Gasteiger partial charge is 0.341 e. The lowest BCUT2D eigenvalue weighted by atomic mass is 9.96. The lowest BCUT2D eigenvalue weighted by molar-refractivity contribution is -0.138. The standard InChI is InChI=1S/C17H26N2O/c1-12-7-8-15(10-14(12)3)16(18-4)11-19-9-5-6-13(2)17(19)20/h7-8,10,13,16,18H,5-6,9,11H2,1-4H3. The number of hydrogen-bond donors (Lipinski definition) is 1. The molecule has 1 N–H and O–H groups in total. The fourth-order valence-corrected chi connectivity index (χ4v) is 2.88. The van der Waals surface area contributed by atoms with Gasteiger partial charge >= 0.3 is 0 Å². The predicted octanol–water partition coefficient (Wildman–Crippen LogP) is 2.82. The molecule has 0 spiro atoms. The first-order valence-electron chi connectivity index (χ1n) is 7.56. The topological polar surface area (TPSA) is 32.3 Å². The summed E-state index contributed by atoms with van der Waals surface area (Å²) < 4.78 is 0. The molecule has 0 aromatic heterocycles. The third-order valence-corrected chi connectivity index (χ3v) is 4.48. The highest BCUT2D eigenvalue weighted by Gasteiger charge is 2.27. The van der Waals surface area contributed by atoms with Crippen molar-refractivity contribution >= 4 is 5.91 Å². The van der Waals surface area contributed by atoms with Crippen molar-refractivity contribution < 1.29 is 4.79 Å². The lowest BCUT2D eigenvalue weighted by Crippen LogP contribution is -2.44. The lowest BCUT2D eigenvalue weighted by Gasteiger charge is -2.33. The van der Waals surface area contributed by atoms with Crippen LogP contribution >= 0.6 is 0 Å². The molecule has 1 aliphatic rings. The first kappa shape index (κ1) is 15.0. The van der Waals surface area contributed by atoms with Gasteiger partial charge in [-0.15, -0.1) is 0 Å². The van der Waals surface area contributed by atoms with Crippen LogP contribution in [0.5, 0.6) is 0 Å². The first-order chi connectivity index (χ1) is 9.52. The van der Waals surface area contributed by atoms with Gasteiger partial charge in [-0.1, -0.05) is 25.1 Å². The van der Waals surface area contributed by atoms with E-state index in [2.05, 4.69) is 37.4 Å². The minimum absolute atomic E-state index is 0.181. The van der Waals surface area contributed by atoms with E-state index in [0.29, 0.717) is 5.91 Å². The Morgan fingerprint density at radius 1 is 1.35 bits per heavy atom. The van der Waals surface area contributed by atoms with Crippen molar-refractivity contribution in [1.29, 1.82) is 0 Å². The van der Waals surface area contributed by atoms with Crippen molar-refractivity contribution in [2.75, 3.05) is 20.1 Å². The number of carbonyl (C=O) groups is 1. The molecule has 2 unspecified atom stereocenters. The molecule has 1 amide bonds. The number of likely N-dealkylation sites (N-methyl/N-ethyl adjacent to an activating group) is 1. The molecule has 3 heteroatoms. The van der Waals surface area contributed by atoms with E-state index in [9.17, 15) is 4.79 Å². The van der Waals surface area contributed by atoms with E-state index in [-0.39, 0.29) is 12.0 Å². The normalized spacial score (nSPS) is 21.1. The number of likely N-dealkylation sites (tertiary alicyclic amines) is 1. The quantitative estimate of drug-likeness (QED) is 0.915. The second-order valence-corrected chi connectivity index (χ2v) is 6.01. The summed E-state index contributed by atoms with van der Waals surface area (Å²) in [5.41, 5.74) is 3.88. The van der Waals surface area contributed by atoms with E-state index in [0.717, 1.165) is 25.9 Å². The zero-order chi connectivity index (χ0) is 14.7. The number of rotatable bonds is 4. The van der Waals surface area contributed by atoms with E-state index < -0.39 is 0 Å². The highest BCUT2D eigenvalue weighted by atomic mass is 16.2. The molecule has 0 saturated carbocycles. The van der Waals surface area contributed by atoms with E-state index in [1.807, 2.05) is 18.9 Å². The third kappa shape index (κ3) is 3.21. The molecule has 110 valence electrons. The van der Waals surface area contributed by atoms with Gasteiger partial charge in [0.05, 0.1) is 0 Å². The Balaban J connectivity index is 2.12. The van der Waals surface area contributed by atoms with Gasteiger partial charge in [0.25, 0.3) is 0 Å². The molecule has 0 bridgehead atoms. The van der Waals surface area contributed by atoms with Gasteiger partial charge in [-0.25, -0.2) is 0 Å². The average molecular weight is 274 g/mol. The molecular weight excluding hydrogens is 248 g/mol. The second-order valence-electron chi connectivity index (χ2n) is 6.01. The Labute approximate surface area is 122 Å². The Morgan fingerprint density at radius 3 is 2.75 bits per heavy atom. The number of piperidine rings is 1. The maximum absolute atomic E-state index is 12.2. The Bertz CT molecular complexity index is 484. The number of aryl methyl sites for hydroxylation is 2. The number of amides is 1. The number of nitrogens with zero attached hydrogens (tertiary/aromatic N) is 1. The minimum Gasteiger partial charge on any atom is -0.341 e. The number of nitrogens with one attached hydrogen (secondary N) is 1. The van der Waals surface area contributed by atoms with Crippen molar-refractivity contribution in [3.63, 3.8) is 0 Å². The van der Waals surface area contributed by atoms with Crippen molar-refractivity contribution in [1.82, 2.24) is 10.2 Å². The zero-order valence-electron chi connectivity index (χ0n) is 13.1. The van der Waals surface area contributed by atoms with Crippen LogP contribution < -0.4 is 5.32 Å². The van der Waals surface area contributed by atoms with Crippen LogP contribution in [0.15, 0.2) is 18.2 Å². The number of hydrogen-bond acceptors (Lipinski definition) is 2. The molecule has 0 aliphatic carbocycles. The van der Waals surface area contributed by atoms with Crippen LogP contribution in [0.25, 0.3) is 0 Å². The fourth-order valence-electron chi connectivity index (χ4n) is 2.88. The second kappa shape index (κ2) is 6.40. The molecule has 1 aromatic carbocycles. The molecule has 2 rings (SSSR count). The summed E-state index contributed by atoms with van der Waals surface area (Å²) >= 11 is 0. The maximum Gasteiger partial charge on any atom is 0.225 e. The molecule has 1 saturated heterocycles. The van der Waals surface area contributed by atoms with Gasteiger partial charge < -0.3 is 10.2 Å². The summed E-state index contributed by atoms with van der Waals surface area (Å²) in [5.74, 6) is 0.487. The summed E-state index contributed by atoms with van der Waals surface area (Å²) in [4.78, 5) is 14.2. The van der Waals surface area contributed by atoms with E-state index in [4.69, 9.17) is 0 Å². The first-order valence-corrected chi connectivity index (χ1v) is 7.56. The summed E-state index contributed by atoms with van der Waals surface area (Å²) in [5, 5.41) is 3.35. The van der Waals surface area contributed by atoms with E-state index in [1.54, 1.807) is 0 Å². The van der Waals surface area contributed by atoms with Crippen LogP contribution in [0.2, 0.25) is 0 Å². The smallest absolute Gasteiger partial charge is 0.225 e. The molecule has 1 aliphatic heterocycles. The van der Waals surface area contributed by atoms with Gasteiger partial charge in [-0.2, -0.15) is 0 Å². The van der Waals surface area contributed by atoms with Crippen LogP contribution in [0.1, 0.15) is 42.5 Å². The highest BCUT2D eigenvalue weighted by Crippen LogP contribution is 2.22. The SMILES string of the molecule is CNC(CN1CCCC(C)C1=O)c1ccc(C)c(C)c1. The minimum atomic E-state index is 0.181. The molecule has 3 nitrogen and oxygen atoms in total. The molecule has 1 heterocycles. The summed E-state index contributed by atoms with van der Waals surface area (Å²) in [6, 6.07) is 6.77. The van der Waals surface area contributed by atoms with Crippen molar-refractivity contribution in [2.45, 2.75) is 39.7 Å². The van der Waals surface area contributed by atoms with Crippen LogP contribution in [-0.2, 0) is 4.79 Å². The van der Waals surface area contributed by atoms with Crippen LogP contribution in [0, 0.1) is 19.8 Å². The summed E-state index contributed by atoms with van der Waals surface area (Å²) in [7, 11) is 1.97. The molecule has 2 atom stereocenters. The number of carbonyl (C=O) groups excluding carboxylic acids is 1. The van der Waals surface area contributed by atoms with Gasteiger partial charge in [-0.05, 0) is 50.4 Å². The number of benzene rings is 1. The van der Waals surface area contributed by atoms with Crippen molar-refractivity contribution in [2.24, 2.45) is 5.92 Å². The van der Waals surface area contributed by atoms with E-state index >= 15 is 0 Å². The molecule has 1 aromatic rings. The Kier molecular flexibility index (Phi) is 4.81. The van der Waals surface area contributed by atoms with Crippen LogP contribution in [0.4, 0.5) is 0 Å². The van der Waals surface area contributed by atoms with Gasteiger partial charge in [0.15, 0.2) is 0 Å². The Hall–Kier alpha value is -1.35. The van der Waals surface area contributed by atoms with Gasteiger partial charge in [-0.3, -0.25) is 4.79 Å². The van der Waals surface area contributed by atoms with E-state index in [1.165, 1.54) is 16.7 Å². The molecule has 20 heavy (non-hydrogen) atoms. The van der Waals surface area contributed by atoms with Crippen molar-refractivity contribution in [3.05, 3.63) is 34.9 Å². The highest BCUT2D eigenvalue weighted by molar-refractivity contribution is 5.79. The zero-order valence-corrected chi connectivity index (χ0v) is 13.1. The van der Waals surface area contributed by atoms with Crippen LogP contribution in [0.3, 0.4) is 0 Å². The predicted molar refractivity (Wildman–Crippen MR) is 82.7 cm³/mol. The average Bonchev–Trinajstić information content (AvgIpc) is 2.44. The monoisotopic (exact) mass is 274 g/mol. The Morgan fingerprint density at radius 2 is 2.10 bits per heavy atom. The van der Waals surface area contributed by atoms with Crippen molar-refractivity contribution in [3.8, 4) is 0 Å². The molecule has 0 radical (unpaired) electrons. The summed E-state index contributed by atoms with van der Waals surface area (Å²) in [6.45, 7) is 7.97. The van der Waals surface area contributed by atoms with Gasteiger partial charge in [0, 0.05) is 25.0 Å². The van der Waals surface area contributed by atoms with Gasteiger partial charge in [0.2, 0.25) is 5.91 Å². The molecule has 1 fully saturated rings. The fraction of sp³-hybridized carbons (Fsp3) is 0.588. The molecular formula is C17H26N2O. The third-order valence-electron chi connectivity index (χ3n) is 4.48. The summed E-state index contributed by atoms with van der Waals surface area (Å²) in [6.07, 6.45) is 2.15.